The zero-order valence-corrected chi connectivity index (χ0v) is 19.8. The van der Waals surface area contributed by atoms with Gasteiger partial charge in [0.2, 0.25) is 0 Å². The van der Waals surface area contributed by atoms with Gasteiger partial charge in [-0.2, -0.15) is 0 Å². The number of nitrogens with zero attached hydrogens (tertiary/aromatic N) is 4. The maximum Gasteiger partial charge on any atom is 0.286 e. The molecular formula is C22H26N4O5S. The van der Waals surface area contributed by atoms with Crippen molar-refractivity contribution in [2.75, 3.05) is 46.3 Å². The van der Waals surface area contributed by atoms with Crippen molar-refractivity contribution in [3.05, 3.63) is 51.1 Å². The molecule has 0 fully saturated rings. The first-order valence-electron chi connectivity index (χ1n) is 9.91. The predicted octanol–water partition coefficient (Wildman–Crippen LogP) is 4.05. The van der Waals surface area contributed by atoms with Crippen LogP contribution < -0.4 is 14.4 Å². The molecule has 0 aliphatic carbocycles. The first kappa shape index (κ1) is 23.4. The number of amides is 1. The van der Waals surface area contributed by atoms with Gasteiger partial charge >= 0.3 is 0 Å². The van der Waals surface area contributed by atoms with Crippen molar-refractivity contribution in [1.29, 1.82) is 0 Å². The summed E-state index contributed by atoms with van der Waals surface area (Å²) in [5.41, 5.74) is 2.50. The normalized spacial score (nSPS) is 11.1. The molecule has 170 valence electrons. The van der Waals surface area contributed by atoms with Crippen LogP contribution in [0.1, 0.15) is 21.5 Å². The van der Waals surface area contributed by atoms with Crippen LogP contribution in [0.2, 0.25) is 0 Å². The van der Waals surface area contributed by atoms with Crippen LogP contribution in [-0.2, 0) is 0 Å². The zero-order chi connectivity index (χ0) is 23.6. The van der Waals surface area contributed by atoms with Crippen LogP contribution in [-0.4, -0.2) is 62.1 Å². The Kier molecular flexibility index (Phi) is 6.95. The second kappa shape index (κ2) is 9.49. The average Bonchev–Trinajstić information content (AvgIpc) is 3.16. The van der Waals surface area contributed by atoms with E-state index in [1.807, 2.05) is 45.0 Å². The molecule has 0 aliphatic heterocycles. The highest BCUT2D eigenvalue weighted by Crippen LogP contribution is 2.37. The molecule has 0 atom stereocenters. The highest BCUT2D eigenvalue weighted by atomic mass is 32.1. The lowest BCUT2D eigenvalue weighted by Gasteiger charge is -2.22. The van der Waals surface area contributed by atoms with Crippen molar-refractivity contribution in [3.8, 4) is 11.5 Å². The van der Waals surface area contributed by atoms with Crippen molar-refractivity contribution in [3.63, 3.8) is 0 Å². The summed E-state index contributed by atoms with van der Waals surface area (Å²) in [5.74, 6) is -0.0978. The maximum atomic E-state index is 13.7. The van der Waals surface area contributed by atoms with Gasteiger partial charge < -0.3 is 14.4 Å². The number of ether oxygens (including phenoxy) is 2. The number of methoxy groups -OCH3 is 2. The summed E-state index contributed by atoms with van der Waals surface area (Å²) in [4.78, 5) is 33.0. The van der Waals surface area contributed by atoms with E-state index in [0.717, 1.165) is 21.3 Å². The molecule has 0 unspecified atom stereocenters. The molecule has 3 rings (SSSR count). The molecule has 3 aromatic rings. The molecule has 0 saturated carbocycles. The third-order valence-corrected chi connectivity index (χ3v) is 6.02. The molecule has 0 aliphatic rings. The molecule has 1 heterocycles. The highest BCUT2D eigenvalue weighted by molar-refractivity contribution is 7.22. The summed E-state index contributed by atoms with van der Waals surface area (Å²) < 4.78 is 11.4. The molecule has 0 spiro atoms. The van der Waals surface area contributed by atoms with Crippen molar-refractivity contribution in [1.82, 2.24) is 9.88 Å². The van der Waals surface area contributed by atoms with E-state index in [4.69, 9.17) is 14.5 Å². The Bertz CT molecular complexity index is 1170. The quantitative estimate of drug-likeness (QED) is 0.371. The Balaban J connectivity index is 2.15. The molecule has 0 saturated heterocycles. The molecule has 9 nitrogen and oxygen atoms in total. The lowest BCUT2D eigenvalue weighted by Crippen LogP contribution is -2.37. The van der Waals surface area contributed by atoms with Crippen LogP contribution in [0.25, 0.3) is 10.2 Å². The first-order valence-corrected chi connectivity index (χ1v) is 10.7. The minimum atomic E-state index is -0.592. The SMILES string of the molecule is COc1cc(C(=O)N(CCN(C)C)c2nc3c(C)cc(C)cc3s2)c([N+](=O)[O-])cc1OC. The summed E-state index contributed by atoms with van der Waals surface area (Å²) in [5, 5.41) is 12.2. The number of fused-ring (bicyclic) bond motifs is 1. The molecule has 10 heteroatoms. The Morgan fingerprint density at radius 3 is 2.34 bits per heavy atom. The van der Waals surface area contributed by atoms with Crippen molar-refractivity contribution in [2.45, 2.75) is 13.8 Å². The fourth-order valence-electron chi connectivity index (χ4n) is 3.39. The van der Waals surface area contributed by atoms with E-state index in [2.05, 4.69) is 0 Å². The standard InChI is InChI=1S/C22H26N4O5S/c1-13-9-14(2)20-19(10-13)32-22(23-20)25(8-7-24(3)4)21(27)15-11-17(30-5)18(31-6)12-16(15)26(28)29/h9-12H,7-8H2,1-6H3. The van der Waals surface area contributed by atoms with Gasteiger partial charge in [0.15, 0.2) is 16.6 Å². The van der Waals surface area contributed by atoms with Crippen LogP contribution >= 0.6 is 11.3 Å². The van der Waals surface area contributed by atoms with Crippen molar-refractivity contribution >= 4 is 38.3 Å². The minimum absolute atomic E-state index is 0.0847. The summed E-state index contributed by atoms with van der Waals surface area (Å²) in [7, 11) is 6.60. The Labute approximate surface area is 190 Å². The summed E-state index contributed by atoms with van der Waals surface area (Å²) in [6, 6.07) is 6.63. The van der Waals surface area contributed by atoms with Gasteiger partial charge in [-0.1, -0.05) is 17.4 Å². The van der Waals surface area contributed by atoms with Crippen LogP contribution in [0.5, 0.6) is 11.5 Å². The Hall–Kier alpha value is -3.24. The second-order valence-corrected chi connectivity index (χ2v) is 8.68. The van der Waals surface area contributed by atoms with Crippen LogP contribution in [0.4, 0.5) is 10.8 Å². The van der Waals surface area contributed by atoms with E-state index < -0.39 is 10.8 Å². The van der Waals surface area contributed by atoms with Gasteiger partial charge in [0, 0.05) is 19.2 Å². The van der Waals surface area contributed by atoms with Gasteiger partial charge in [0.05, 0.1) is 35.4 Å². The van der Waals surface area contributed by atoms with Crippen LogP contribution in [0, 0.1) is 24.0 Å². The van der Waals surface area contributed by atoms with Gasteiger partial charge in [-0.3, -0.25) is 19.8 Å². The average molecular weight is 459 g/mol. The molecule has 0 radical (unpaired) electrons. The number of aryl methyl sites for hydroxylation is 2. The fourth-order valence-corrected chi connectivity index (χ4v) is 4.56. The number of carbonyl (C=O) groups excluding carboxylic acids is 1. The number of carbonyl (C=O) groups is 1. The smallest absolute Gasteiger partial charge is 0.286 e. The van der Waals surface area contributed by atoms with E-state index in [0.29, 0.717) is 18.2 Å². The van der Waals surface area contributed by atoms with E-state index in [1.165, 1.54) is 42.6 Å². The van der Waals surface area contributed by atoms with Crippen molar-refractivity contribution in [2.24, 2.45) is 0 Å². The second-order valence-electron chi connectivity index (χ2n) is 7.67. The van der Waals surface area contributed by atoms with Crippen molar-refractivity contribution < 1.29 is 19.2 Å². The molecule has 1 amide bonds. The molecule has 1 aromatic heterocycles. The van der Waals surface area contributed by atoms with Gasteiger partial charge in [0.25, 0.3) is 11.6 Å². The number of nitro benzene ring substituents is 1. The Morgan fingerprint density at radius 2 is 1.75 bits per heavy atom. The number of hydrogen-bond donors (Lipinski definition) is 0. The zero-order valence-electron chi connectivity index (χ0n) is 19.0. The monoisotopic (exact) mass is 458 g/mol. The van der Waals surface area contributed by atoms with Gasteiger partial charge in [-0.05, 0) is 45.1 Å². The van der Waals surface area contributed by atoms with E-state index in [1.54, 1.807) is 0 Å². The largest absolute Gasteiger partial charge is 0.493 e. The maximum absolute atomic E-state index is 13.7. The third kappa shape index (κ3) is 4.66. The number of rotatable bonds is 8. The number of likely N-dealkylation sites (N-methyl/N-ethyl adjacent to an activating group) is 1. The summed E-state index contributed by atoms with van der Waals surface area (Å²) >= 11 is 1.39. The van der Waals surface area contributed by atoms with Gasteiger partial charge in [0.1, 0.15) is 5.56 Å². The first-order chi connectivity index (χ1) is 15.2. The lowest BCUT2D eigenvalue weighted by atomic mass is 10.1. The minimum Gasteiger partial charge on any atom is -0.493 e. The molecule has 32 heavy (non-hydrogen) atoms. The molecule has 0 N–H and O–H groups in total. The third-order valence-electron chi connectivity index (χ3n) is 4.99. The van der Waals surface area contributed by atoms with E-state index >= 15 is 0 Å². The number of benzene rings is 2. The number of nitro groups is 1. The number of anilines is 1. The topological polar surface area (TPSA) is 98.0 Å². The van der Waals surface area contributed by atoms with E-state index in [-0.39, 0.29) is 22.7 Å². The Morgan fingerprint density at radius 1 is 1.09 bits per heavy atom. The fraction of sp³-hybridized carbons (Fsp3) is 0.364. The number of aromatic nitrogens is 1. The van der Waals surface area contributed by atoms with Crippen LogP contribution in [0.15, 0.2) is 24.3 Å². The molecular weight excluding hydrogens is 432 g/mol. The predicted molar refractivity (Wildman–Crippen MR) is 126 cm³/mol. The van der Waals surface area contributed by atoms with Crippen LogP contribution in [0.3, 0.4) is 0 Å². The van der Waals surface area contributed by atoms with Gasteiger partial charge in [-0.25, -0.2) is 4.98 Å². The summed E-state index contributed by atoms with van der Waals surface area (Å²) in [6.07, 6.45) is 0. The molecule has 2 aromatic carbocycles. The number of thiazole rings is 1. The van der Waals surface area contributed by atoms with Gasteiger partial charge in [-0.15, -0.1) is 0 Å². The molecule has 0 bridgehead atoms. The van der Waals surface area contributed by atoms with E-state index in [9.17, 15) is 14.9 Å². The summed E-state index contributed by atoms with van der Waals surface area (Å²) in [6.45, 7) is 4.85. The highest BCUT2D eigenvalue weighted by Gasteiger charge is 2.30. The number of hydrogen-bond acceptors (Lipinski definition) is 8. The lowest BCUT2D eigenvalue weighted by molar-refractivity contribution is -0.385.